The van der Waals surface area contributed by atoms with E-state index < -0.39 is 10.0 Å². The maximum Gasteiger partial charge on any atom is 0.305 e. The minimum atomic E-state index is -3.61. The summed E-state index contributed by atoms with van der Waals surface area (Å²) in [5.74, 6) is 0. The van der Waals surface area contributed by atoms with E-state index in [1.165, 1.54) is 31.7 Å². The zero-order chi connectivity index (χ0) is 15.6. The first-order valence-electron chi connectivity index (χ1n) is 7.41. The molecule has 1 aromatic heterocycles. The molecule has 0 saturated heterocycles. The lowest BCUT2D eigenvalue weighted by Crippen LogP contribution is -2.35. The Morgan fingerprint density at radius 3 is 2.77 bits per heavy atom. The molecule has 0 bridgehead atoms. The summed E-state index contributed by atoms with van der Waals surface area (Å²) in [5, 5.41) is 3.37. The van der Waals surface area contributed by atoms with E-state index in [1.54, 1.807) is 12.1 Å². The second-order valence-electron chi connectivity index (χ2n) is 5.48. The van der Waals surface area contributed by atoms with E-state index in [2.05, 4.69) is 15.0 Å². The standard InChI is InChI=1S/C14H19N3O3S2/c18-14-17-11-6-3-7-12(13(11)21-14)22(19,20)16-9-8-15-10-4-1-2-5-10/h3,6-7,10,15-16H,1-2,4-5,8-9H2,(H,17,18). The molecule has 0 amide bonds. The number of sulfonamides is 1. The van der Waals surface area contributed by atoms with Crippen molar-refractivity contribution in [3.8, 4) is 0 Å². The highest BCUT2D eigenvalue weighted by Gasteiger charge is 2.19. The van der Waals surface area contributed by atoms with E-state index >= 15 is 0 Å². The molecule has 1 fully saturated rings. The van der Waals surface area contributed by atoms with Crippen molar-refractivity contribution in [1.29, 1.82) is 0 Å². The summed E-state index contributed by atoms with van der Waals surface area (Å²) in [7, 11) is -3.61. The molecule has 1 aromatic carbocycles. The largest absolute Gasteiger partial charge is 0.313 e. The van der Waals surface area contributed by atoms with Crippen LogP contribution < -0.4 is 14.9 Å². The molecule has 3 N–H and O–H groups in total. The minimum absolute atomic E-state index is 0.161. The number of thiazole rings is 1. The molecule has 6 nitrogen and oxygen atoms in total. The Balaban J connectivity index is 1.67. The second-order valence-corrected chi connectivity index (χ2v) is 8.20. The van der Waals surface area contributed by atoms with Crippen LogP contribution in [0.2, 0.25) is 0 Å². The van der Waals surface area contributed by atoms with Gasteiger partial charge in [-0.05, 0) is 25.0 Å². The van der Waals surface area contributed by atoms with Crippen LogP contribution >= 0.6 is 11.3 Å². The van der Waals surface area contributed by atoms with E-state index in [1.807, 2.05) is 0 Å². The highest BCUT2D eigenvalue weighted by molar-refractivity contribution is 7.90. The summed E-state index contributed by atoms with van der Waals surface area (Å²) in [5.41, 5.74) is 0.557. The molecule has 1 heterocycles. The van der Waals surface area contributed by atoms with Crippen LogP contribution in [0.3, 0.4) is 0 Å². The van der Waals surface area contributed by atoms with Gasteiger partial charge in [-0.1, -0.05) is 30.2 Å². The maximum absolute atomic E-state index is 12.4. The van der Waals surface area contributed by atoms with Crippen LogP contribution in [0.5, 0.6) is 0 Å². The molecule has 1 saturated carbocycles. The Labute approximate surface area is 133 Å². The fourth-order valence-electron chi connectivity index (χ4n) is 2.83. The van der Waals surface area contributed by atoms with Crippen molar-refractivity contribution in [1.82, 2.24) is 15.0 Å². The Bertz CT molecular complexity index is 804. The zero-order valence-corrected chi connectivity index (χ0v) is 13.7. The lowest BCUT2D eigenvalue weighted by molar-refractivity contribution is 0.520. The van der Waals surface area contributed by atoms with Gasteiger partial charge in [0.05, 0.1) is 10.2 Å². The first-order valence-corrected chi connectivity index (χ1v) is 9.71. The smallest absolute Gasteiger partial charge is 0.305 e. The van der Waals surface area contributed by atoms with E-state index in [0.29, 0.717) is 29.3 Å². The van der Waals surface area contributed by atoms with Crippen molar-refractivity contribution in [2.24, 2.45) is 0 Å². The van der Waals surface area contributed by atoms with Crippen molar-refractivity contribution in [2.75, 3.05) is 13.1 Å². The molecule has 1 aliphatic carbocycles. The summed E-state index contributed by atoms with van der Waals surface area (Å²) < 4.78 is 27.9. The normalized spacial score (nSPS) is 16.5. The van der Waals surface area contributed by atoms with Crippen molar-refractivity contribution in [3.05, 3.63) is 27.9 Å². The Kier molecular flexibility index (Phi) is 4.62. The second kappa shape index (κ2) is 6.49. The number of nitrogens with one attached hydrogen (secondary N) is 3. The Hall–Kier alpha value is -1.22. The molecule has 22 heavy (non-hydrogen) atoms. The number of benzene rings is 1. The average molecular weight is 341 g/mol. The average Bonchev–Trinajstić information content (AvgIpc) is 3.10. The molecule has 0 radical (unpaired) electrons. The summed E-state index contributed by atoms with van der Waals surface area (Å²) in [4.78, 5) is 14.0. The highest BCUT2D eigenvalue weighted by Crippen LogP contribution is 2.23. The van der Waals surface area contributed by atoms with Crippen molar-refractivity contribution >= 4 is 31.6 Å². The van der Waals surface area contributed by atoms with Gasteiger partial charge in [0.1, 0.15) is 4.90 Å². The Morgan fingerprint density at radius 2 is 2.00 bits per heavy atom. The number of H-pyrrole nitrogens is 1. The van der Waals surface area contributed by atoms with Gasteiger partial charge in [0.2, 0.25) is 10.0 Å². The van der Waals surface area contributed by atoms with Gasteiger partial charge in [0.15, 0.2) is 0 Å². The molecule has 0 spiro atoms. The molecule has 3 rings (SSSR count). The maximum atomic E-state index is 12.4. The molecule has 0 unspecified atom stereocenters. The first kappa shape index (κ1) is 15.7. The van der Waals surface area contributed by atoms with Crippen molar-refractivity contribution in [2.45, 2.75) is 36.6 Å². The molecule has 0 atom stereocenters. The van der Waals surface area contributed by atoms with Gasteiger partial charge in [0, 0.05) is 19.1 Å². The lowest BCUT2D eigenvalue weighted by Gasteiger charge is -2.12. The Morgan fingerprint density at radius 1 is 1.23 bits per heavy atom. The van der Waals surface area contributed by atoms with Crippen molar-refractivity contribution in [3.63, 3.8) is 0 Å². The van der Waals surface area contributed by atoms with E-state index in [9.17, 15) is 13.2 Å². The highest BCUT2D eigenvalue weighted by atomic mass is 32.2. The molecular weight excluding hydrogens is 322 g/mol. The molecule has 8 heteroatoms. The third-order valence-corrected chi connectivity index (χ3v) is 6.47. The third kappa shape index (κ3) is 3.40. The SMILES string of the molecule is O=c1[nH]c2cccc(S(=O)(=O)NCCNC3CCCC3)c2s1. The lowest BCUT2D eigenvalue weighted by atomic mass is 10.2. The van der Waals surface area contributed by atoms with Crippen LogP contribution in [0, 0.1) is 0 Å². The number of fused-ring (bicyclic) bond motifs is 1. The van der Waals surface area contributed by atoms with Gasteiger partial charge in [-0.2, -0.15) is 0 Å². The predicted octanol–water partition coefficient (Wildman–Crippen LogP) is 1.40. The quantitative estimate of drug-likeness (QED) is 0.693. The van der Waals surface area contributed by atoms with Crippen LogP contribution in [0.25, 0.3) is 10.2 Å². The van der Waals surface area contributed by atoms with Gasteiger partial charge >= 0.3 is 4.87 Å². The minimum Gasteiger partial charge on any atom is -0.313 e. The summed E-state index contributed by atoms with van der Waals surface area (Å²) in [6.45, 7) is 0.956. The summed E-state index contributed by atoms with van der Waals surface area (Å²) in [6.07, 6.45) is 4.84. The number of hydrogen-bond acceptors (Lipinski definition) is 5. The number of aromatic amines is 1. The van der Waals surface area contributed by atoms with Gasteiger partial charge in [-0.25, -0.2) is 13.1 Å². The number of aromatic nitrogens is 1. The topological polar surface area (TPSA) is 91.1 Å². The predicted molar refractivity (Wildman–Crippen MR) is 87.9 cm³/mol. The van der Waals surface area contributed by atoms with Crippen LogP contribution in [-0.2, 0) is 10.0 Å². The molecular formula is C14H19N3O3S2. The van der Waals surface area contributed by atoms with E-state index in [-0.39, 0.29) is 9.77 Å². The molecule has 1 aliphatic rings. The zero-order valence-electron chi connectivity index (χ0n) is 12.1. The van der Waals surface area contributed by atoms with Crippen LogP contribution in [0.1, 0.15) is 25.7 Å². The third-order valence-electron chi connectivity index (χ3n) is 3.91. The van der Waals surface area contributed by atoms with E-state index in [0.717, 1.165) is 11.3 Å². The van der Waals surface area contributed by atoms with Gasteiger partial charge in [-0.15, -0.1) is 0 Å². The first-order chi connectivity index (χ1) is 10.6. The van der Waals surface area contributed by atoms with Gasteiger partial charge < -0.3 is 10.3 Å². The summed E-state index contributed by atoms with van der Waals surface area (Å²) in [6, 6.07) is 5.38. The molecule has 120 valence electrons. The fraction of sp³-hybridized carbons (Fsp3) is 0.500. The van der Waals surface area contributed by atoms with Crippen molar-refractivity contribution < 1.29 is 8.42 Å². The number of rotatable bonds is 6. The number of hydrogen-bond donors (Lipinski definition) is 3. The van der Waals surface area contributed by atoms with Gasteiger partial charge in [-0.3, -0.25) is 4.79 Å². The van der Waals surface area contributed by atoms with Crippen LogP contribution in [0.4, 0.5) is 0 Å². The van der Waals surface area contributed by atoms with Crippen LogP contribution in [0.15, 0.2) is 27.9 Å². The molecule has 2 aromatic rings. The van der Waals surface area contributed by atoms with Crippen LogP contribution in [-0.4, -0.2) is 32.5 Å². The molecule has 0 aliphatic heterocycles. The summed E-state index contributed by atoms with van der Waals surface area (Å²) >= 11 is 0.919. The van der Waals surface area contributed by atoms with E-state index in [4.69, 9.17) is 0 Å². The monoisotopic (exact) mass is 341 g/mol. The van der Waals surface area contributed by atoms with Gasteiger partial charge in [0.25, 0.3) is 0 Å². The fourth-order valence-corrected chi connectivity index (χ4v) is 5.16.